The highest BCUT2D eigenvalue weighted by atomic mass is 14.7. The van der Waals surface area contributed by atoms with E-state index in [1.54, 1.807) is 12.4 Å². The van der Waals surface area contributed by atoms with Crippen LogP contribution in [0, 0.1) is 5.41 Å². The Morgan fingerprint density at radius 2 is 2.50 bits per heavy atom. The summed E-state index contributed by atoms with van der Waals surface area (Å²) in [6, 6.07) is 3.73. The minimum Gasteiger partial charge on any atom is -0.306 e. The molecule has 0 spiro atoms. The van der Waals surface area contributed by atoms with Gasteiger partial charge < -0.3 is 5.41 Å². The second-order valence-corrected chi connectivity index (χ2v) is 2.25. The van der Waals surface area contributed by atoms with Gasteiger partial charge in [-0.2, -0.15) is 0 Å². The van der Waals surface area contributed by atoms with E-state index >= 15 is 0 Å². The van der Waals surface area contributed by atoms with Crippen molar-refractivity contribution in [2.24, 2.45) is 4.99 Å². The monoisotopic (exact) mass is 161 g/mol. The molecule has 1 rings (SSSR count). The number of rotatable bonds is 3. The normalized spacial score (nSPS) is 10.4. The van der Waals surface area contributed by atoms with Gasteiger partial charge in [0, 0.05) is 30.7 Å². The first kappa shape index (κ1) is 8.59. The molecule has 0 aliphatic rings. The van der Waals surface area contributed by atoms with Gasteiger partial charge in [0.25, 0.3) is 0 Å². The van der Waals surface area contributed by atoms with Gasteiger partial charge in [-0.15, -0.1) is 0 Å². The highest BCUT2D eigenvalue weighted by molar-refractivity contribution is 5.91. The number of aliphatic imine (C=N–C) groups is 1. The summed E-state index contributed by atoms with van der Waals surface area (Å²) in [7, 11) is 0. The van der Waals surface area contributed by atoms with Crippen molar-refractivity contribution in [3.05, 3.63) is 29.6 Å². The summed E-state index contributed by atoms with van der Waals surface area (Å²) >= 11 is 0. The fourth-order valence-electron chi connectivity index (χ4n) is 0.849. The van der Waals surface area contributed by atoms with Gasteiger partial charge in [-0.1, -0.05) is 0 Å². The second kappa shape index (κ2) is 4.38. The number of hydrogen-bond acceptors (Lipinski definition) is 3. The Kier molecular flexibility index (Phi) is 3.14. The molecular formula is C9H11N3. The molecule has 0 aliphatic heterocycles. The second-order valence-electron chi connectivity index (χ2n) is 2.25. The quantitative estimate of drug-likeness (QED) is 0.671. The number of nitrogens with one attached hydrogen (secondary N) is 1. The Bertz CT molecular complexity index is 292. The lowest BCUT2D eigenvalue weighted by Crippen LogP contribution is -1.94. The molecule has 0 radical (unpaired) electrons. The van der Waals surface area contributed by atoms with Crippen LogP contribution in [0.2, 0.25) is 0 Å². The van der Waals surface area contributed by atoms with Crippen LogP contribution >= 0.6 is 0 Å². The summed E-state index contributed by atoms with van der Waals surface area (Å²) in [5.74, 6) is 0. The highest BCUT2D eigenvalue weighted by Crippen LogP contribution is 1.98. The number of hydrogen-bond donors (Lipinski definition) is 1. The molecule has 1 aromatic heterocycles. The Hall–Kier alpha value is -1.51. The van der Waals surface area contributed by atoms with Crippen molar-refractivity contribution in [1.82, 2.24) is 4.98 Å². The Morgan fingerprint density at radius 3 is 3.17 bits per heavy atom. The maximum atomic E-state index is 7.07. The van der Waals surface area contributed by atoms with Crippen LogP contribution < -0.4 is 0 Å². The van der Waals surface area contributed by atoms with Crippen LogP contribution in [0.3, 0.4) is 0 Å². The standard InChI is InChI=1S/C9H11N3/c1-2-11-7-8-4-3-5-12-9(8)6-10/h3-7,10H,2H2,1H3. The average molecular weight is 161 g/mol. The molecule has 3 nitrogen and oxygen atoms in total. The molecule has 0 atom stereocenters. The Labute approximate surface area is 71.7 Å². The lowest BCUT2D eigenvalue weighted by molar-refractivity contribution is 1.14. The smallest absolute Gasteiger partial charge is 0.0892 e. The Balaban J connectivity index is 2.96. The van der Waals surface area contributed by atoms with E-state index in [9.17, 15) is 0 Å². The molecule has 0 aromatic carbocycles. The van der Waals surface area contributed by atoms with Crippen LogP contribution in [0.25, 0.3) is 0 Å². The average Bonchev–Trinajstić information content (AvgIpc) is 2.15. The molecule has 0 amide bonds. The van der Waals surface area contributed by atoms with Gasteiger partial charge in [-0.05, 0) is 19.1 Å². The van der Waals surface area contributed by atoms with Crippen molar-refractivity contribution >= 4 is 12.4 Å². The zero-order valence-electron chi connectivity index (χ0n) is 6.99. The van der Waals surface area contributed by atoms with Crippen molar-refractivity contribution in [3.8, 4) is 0 Å². The van der Waals surface area contributed by atoms with Crippen LogP contribution in [0.5, 0.6) is 0 Å². The van der Waals surface area contributed by atoms with E-state index in [2.05, 4.69) is 9.98 Å². The lowest BCUT2D eigenvalue weighted by Gasteiger charge is -1.95. The van der Waals surface area contributed by atoms with Crippen LogP contribution in [0.4, 0.5) is 0 Å². The van der Waals surface area contributed by atoms with Crippen molar-refractivity contribution in [1.29, 1.82) is 5.41 Å². The first-order valence-electron chi connectivity index (χ1n) is 3.83. The fourth-order valence-corrected chi connectivity index (χ4v) is 0.849. The predicted molar refractivity (Wildman–Crippen MR) is 50.3 cm³/mol. The molecule has 1 N–H and O–H groups in total. The zero-order valence-corrected chi connectivity index (χ0v) is 6.99. The SMILES string of the molecule is CCN=Cc1cccnc1C=N. The summed E-state index contributed by atoms with van der Waals surface area (Å²) in [5.41, 5.74) is 1.56. The maximum absolute atomic E-state index is 7.07. The molecule has 0 unspecified atom stereocenters. The van der Waals surface area contributed by atoms with Crippen molar-refractivity contribution in [2.45, 2.75) is 6.92 Å². The van der Waals surface area contributed by atoms with Gasteiger partial charge in [0.05, 0.1) is 5.69 Å². The topological polar surface area (TPSA) is 49.1 Å². The van der Waals surface area contributed by atoms with E-state index in [1.807, 2.05) is 19.1 Å². The molecule has 0 bridgehead atoms. The third kappa shape index (κ3) is 1.99. The minimum absolute atomic E-state index is 0.662. The van der Waals surface area contributed by atoms with Gasteiger partial charge in [-0.25, -0.2) is 0 Å². The molecule has 0 fully saturated rings. The van der Waals surface area contributed by atoms with Crippen molar-refractivity contribution in [2.75, 3.05) is 6.54 Å². The maximum Gasteiger partial charge on any atom is 0.0892 e. The van der Waals surface area contributed by atoms with Crippen LogP contribution in [-0.4, -0.2) is 24.0 Å². The van der Waals surface area contributed by atoms with E-state index in [0.717, 1.165) is 12.1 Å². The summed E-state index contributed by atoms with van der Waals surface area (Å²) in [6.45, 7) is 2.73. The van der Waals surface area contributed by atoms with E-state index in [4.69, 9.17) is 5.41 Å². The predicted octanol–water partition coefficient (Wildman–Crippen LogP) is 1.52. The van der Waals surface area contributed by atoms with Crippen molar-refractivity contribution in [3.63, 3.8) is 0 Å². The zero-order chi connectivity index (χ0) is 8.81. The number of pyridine rings is 1. The lowest BCUT2D eigenvalue weighted by atomic mass is 10.2. The molecule has 0 aliphatic carbocycles. The molecule has 0 saturated heterocycles. The number of nitrogens with zero attached hydrogens (tertiary/aromatic N) is 2. The van der Waals surface area contributed by atoms with E-state index in [1.165, 1.54) is 6.21 Å². The van der Waals surface area contributed by atoms with Gasteiger partial charge >= 0.3 is 0 Å². The van der Waals surface area contributed by atoms with Crippen LogP contribution in [0.1, 0.15) is 18.2 Å². The summed E-state index contributed by atoms with van der Waals surface area (Å²) < 4.78 is 0. The largest absolute Gasteiger partial charge is 0.306 e. The van der Waals surface area contributed by atoms with Crippen LogP contribution in [0.15, 0.2) is 23.3 Å². The molecule has 62 valence electrons. The van der Waals surface area contributed by atoms with Gasteiger partial charge in [0.15, 0.2) is 0 Å². The van der Waals surface area contributed by atoms with Crippen LogP contribution in [-0.2, 0) is 0 Å². The van der Waals surface area contributed by atoms with Gasteiger partial charge in [0.1, 0.15) is 0 Å². The molecule has 12 heavy (non-hydrogen) atoms. The van der Waals surface area contributed by atoms with E-state index in [0.29, 0.717) is 5.69 Å². The first-order chi connectivity index (χ1) is 5.88. The fraction of sp³-hybridized carbons (Fsp3) is 0.222. The Morgan fingerprint density at radius 1 is 1.67 bits per heavy atom. The van der Waals surface area contributed by atoms with Gasteiger partial charge in [0.2, 0.25) is 0 Å². The van der Waals surface area contributed by atoms with Gasteiger partial charge in [-0.3, -0.25) is 9.98 Å². The molecule has 3 heteroatoms. The molecular weight excluding hydrogens is 150 g/mol. The minimum atomic E-state index is 0.662. The third-order valence-corrected chi connectivity index (χ3v) is 1.42. The van der Waals surface area contributed by atoms with Crippen molar-refractivity contribution < 1.29 is 0 Å². The molecule has 0 saturated carbocycles. The van der Waals surface area contributed by atoms with E-state index in [-0.39, 0.29) is 0 Å². The summed E-state index contributed by atoms with van der Waals surface area (Å²) in [5, 5.41) is 7.07. The molecule has 1 aromatic rings. The third-order valence-electron chi connectivity index (χ3n) is 1.42. The van der Waals surface area contributed by atoms with E-state index < -0.39 is 0 Å². The first-order valence-corrected chi connectivity index (χ1v) is 3.83. The summed E-state index contributed by atoms with van der Waals surface area (Å²) in [6.07, 6.45) is 4.65. The molecule has 1 heterocycles. The highest BCUT2D eigenvalue weighted by Gasteiger charge is 1.94. The summed E-state index contributed by atoms with van der Waals surface area (Å²) in [4.78, 5) is 8.10. The number of aromatic nitrogens is 1.